The zero-order valence-corrected chi connectivity index (χ0v) is 7.90. The Kier molecular flexibility index (Phi) is 3.34. The van der Waals surface area contributed by atoms with Gasteiger partial charge in [-0.1, -0.05) is 26.7 Å². The summed E-state index contributed by atoms with van der Waals surface area (Å²) in [5.74, 6) is 0. The van der Waals surface area contributed by atoms with Crippen molar-refractivity contribution in [2.45, 2.75) is 39.5 Å². The van der Waals surface area contributed by atoms with Gasteiger partial charge in [0.25, 0.3) is 0 Å². The van der Waals surface area contributed by atoms with E-state index in [1.807, 2.05) is 0 Å². The third-order valence-electron chi connectivity index (χ3n) is 2.48. The molecule has 0 saturated carbocycles. The second-order valence-corrected chi connectivity index (χ2v) is 3.62. The molecule has 0 atom stereocenters. The summed E-state index contributed by atoms with van der Waals surface area (Å²) < 4.78 is 1.21. The standard InChI is InChI=1S/C9H21N2/c1-3-5-7-11(9-10-11)8-6-4-2/h10H,3-9H2,1-2H3/q+1. The van der Waals surface area contributed by atoms with E-state index in [2.05, 4.69) is 19.3 Å². The van der Waals surface area contributed by atoms with E-state index in [1.54, 1.807) is 0 Å². The molecule has 1 rings (SSSR count). The Morgan fingerprint density at radius 2 is 1.55 bits per heavy atom. The molecule has 0 aromatic heterocycles. The highest BCUT2D eigenvalue weighted by atomic mass is 15.8. The Hall–Kier alpha value is -0.0800. The lowest BCUT2D eigenvalue weighted by molar-refractivity contribution is -0.825. The van der Waals surface area contributed by atoms with Crippen molar-refractivity contribution in [3.63, 3.8) is 0 Å². The van der Waals surface area contributed by atoms with Gasteiger partial charge in [-0.3, -0.25) is 0 Å². The van der Waals surface area contributed by atoms with Gasteiger partial charge >= 0.3 is 0 Å². The minimum Gasteiger partial charge on any atom is -0.225 e. The van der Waals surface area contributed by atoms with E-state index in [9.17, 15) is 0 Å². The van der Waals surface area contributed by atoms with Gasteiger partial charge in [0.15, 0.2) is 6.67 Å². The molecule has 0 unspecified atom stereocenters. The van der Waals surface area contributed by atoms with Gasteiger partial charge in [-0.05, 0) is 12.8 Å². The predicted octanol–water partition coefficient (Wildman–Crippen LogP) is 1.88. The Morgan fingerprint density at radius 1 is 1.09 bits per heavy atom. The summed E-state index contributed by atoms with van der Waals surface area (Å²) in [4.78, 5) is 0. The zero-order valence-electron chi connectivity index (χ0n) is 7.90. The lowest BCUT2D eigenvalue weighted by Gasteiger charge is -2.13. The molecule has 0 bridgehead atoms. The molecule has 66 valence electrons. The van der Waals surface area contributed by atoms with Gasteiger partial charge in [0, 0.05) is 0 Å². The predicted molar refractivity (Wildman–Crippen MR) is 47.8 cm³/mol. The third-order valence-corrected chi connectivity index (χ3v) is 2.48. The highest BCUT2D eigenvalue weighted by molar-refractivity contribution is 4.47. The molecule has 1 aliphatic rings. The van der Waals surface area contributed by atoms with Gasteiger partial charge in [-0.2, -0.15) is 0 Å². The van der Waals surface area contributed by atoms with Gasteiger partial charge in [0.2, 0.25) is 0 Å². The first kappa shape index (κ1) is 9.01. The molecule has 1 fully saturated rings. The van der Waals surface area contributed by atoms with Crippen molar-refractivity contribution >= 4 is 0 Å². The first-order valence-corrected chi connectivity index (χ1v) is 4.94. The van der Waals surface area contributed by atoms with E-state index in [-0.39, 0.29) is 0 Å². The van der Waals surface area contributed by atoms with Gasteiger partial charge in [0.05, 0.1) is 13.1 Å². The number of rotatable bonds is 6. The first-order chi connectivity index (χ1) is 5.33. The summed E-state index contributed by atoms with van der Waals surface area (Å²) in [5.41, 5.74) is 3.46. The van der Waals surface area contributed by atoms with E-state index in [4.69, 9.17) is 0 Å². The highest BCUT2D eigenvalue weighted by Gasteiger charge is 2.40. The largest absolute Gasteiger partial charge is 0.225 e. The smallest absolute Gasteiger partial charge is 0.192 e. The molecular weight excluding hydrogens is 136 g/mol. The molecule has 1 saturated heterocycles. The Bertz CT molecular complexity index is 98.1. The fraction of sp³-hybridized carbons (Fsp3) is 1.00. The van der Waals surface area contributed by atoms with E-state index in [1.165, 1.54) is 50.0 Å². The Morgan fingerprint density at radius 3 is 1.82 bits per heavy atom. The fourth-order valence-corrected chi connectivity index (χ4v) is 1.45. The number of hydrogen-bond donors (Lipinski definition) is 1. The van der Waals surface area contributed by atoms with Crippen LogP contribution >= 0.6 is 0 Å². The molecule has 0 aliphatic carbocycles. The minimum absolute atomic E-state index is 1.21. The van der Waals surface area contributed by atoms with Crippen LogP contribution in [0.2, 0.25) is 0 Å². The van der Waals surface area contributed by atoms with Crippen molar-refractivity contribution in [2.24, 2.45) is 0 Å². The van der Waals surface area contributed by atoms with Crippen LogP contribution in [0.5, 0.6) is 0 Å². The van der Waals surface area contributed by atoms with Crippen LogP contribution in [0.4, 0.5) is 0 Å². The van der Waals surface area contributed by atoms with Crippen molar-refractivity contribution in [2.75, 3.05) is 19.8 Å². The number of quaternary nitrogens is 1. The molecule has 0 aromatic rings. The van der Waals surface area contributed by atoms with Gasteiger partial charge in [0.1, 0.15) is 0 Å². The molecule has 0 radical (unpaired) electrons. The number of nitrogens with one attached hydrogen (secondary N) is 1. The fourth-order valence-electron chi connectivity index (χ4n) is 1.45. The van der Waals surface area contributed by atoms with Crippen LogP contribution in [0.15, 0.2) is 0 Å². The van der Waals surface area contributed by atoms with Crippen LogP contribution in [0, 0.1) is 0 Å². The van der Waals surface area contributed by atoms with Gasteiger partial charge in [-0.25, -0.2) is 4.59 Å². The van der Waals surface area contributed by atoms with Crippen LogP contribution in [0.25, 0.3) is 0 Å². The number of hydrogen-bond acceptors (Lipinski definition) is 1. The van der Waals surface area contributed by atoms with E-state index < -0.39 is 0 Å². The van der Waals surface area contributed by atoms with Gasteiger partial charge in [-0.15, -0.1) is 5.43 Å². The molecular formula is C9H21N2+. The zero-order chi connectivity index (χ0) is 8.16. The lowest BCUT2D eigenvalue weighted by Crippen LogP contribution is -2.31. The quantitative estimate of drug-likeness (QED) is 0.461. The summed E-state index contributed by atoms with van der Waals surface area (Å²) in [5, 5.41) is 0. The van der Waals surface area contributed by atoms with Crippen LogP contribution in [0.1, 0.15) is 39.5 Å². The third kappa shape index (κ3) is 2.80. The summed E-state index contributed by atoms with van der Waals surface area (Å²) >= 11 is 0. The molecule has 2 heteroatoms. The highest BCUT2D eigenvalue weighted by Crippen LogP contribution is 2.16. The summed E-state index contributed by atoms with van der Waals surface area (Å²) in [6, 6.07) is 0. The van der Waals surface area contributed by atoms with Crippen molar-refractivity contribution in [3.8, 4) is 0 Å². The summed E-state index contributed by atoms with van der Waals surface area (Å²) in [6.45, 7) is 8.44. The van der Waals surface area contributed by atoms with Crippen molar-refractivity contribution < 1.29 is 4.59 Å². The Labute approximate surface area is 70.1 Å². The number of unbranched alkanes of at least 4 members (excludes halogenated alkanes) is 2. The normalized spacial score (nSPS) is 20.2. The molecule has 0 amide bonds. The van der Waals surface area contributed by atoms with Crippen molar-refractivity contribution in [1.82, 2.24) is 5.43 Å². The minimum atomic E-state index is 1.21. The van der Waals surface area contributed by atoms with Crippen molar-refractivity contribution in [1.29, 1.82) is 0 Å². The summed E-state index contributed by atoms with van der Waals surface area (Å²) in [7, 11) is 0. The molecule has 1 N–H and O–H groups in total. The van der Waals surface area contributed by atoms with Gasteiger partial charge < -0.3 is 0 Å². The SMILES string of the molecule is CCCC[N+]1(CCCC)CN1. The topological polar surface area (TPSA) is 21.9 Å². The molecule has 0 aromatic carbocycles. The average Bonchev–Trinajstić information content (AvgIpc) is 2.79. The monoisotopic (exact) mass is 157 g/mol. The number of nitrogens with zero attached hydrogens (tertiary/aromatic N) is 1. The van der Waals surface area contributed by atoms with Crippen molar-refractivity contribution in [3.05, 3.63) is 0 Å². The molecule has 1 aliphatic heterocycles. The Balaban J connectivity index is 2.08. The maximum atomic E-state index is 3.46. The van der Waals surface area contributed by atoms with Crippen LogP contribution in [-0.2, 0) is 0 Å². The lowest BCUT2D eigenvalue weighted by atomic mass is 10.3. The summed E-state index contributed by atoms with van der Waals surface area (Å²) in [6.07, 6.45) is 5.40. The second kappa shape index (κ2) is 4.07. The first-order valence-electron chi connectivity index (χ1n) is 4.94. The maximum absolute atomic E-state index is 3.46. The van der Waals surface area contributed by atoms with E-state index >= 15 is 0 Å². The van der Waals surface area contributed by atoms with E-state index in [0.717, 1.165) is 0 Å². The van der Waals surface area contributed by atoms with Crippen LogP contribution in [0.3, 0.4) is 0 Å². The maximum Gasteiger partial charge on any atom is 0.192 e. The van der Waals surface area contributed by atoms with Crippen LogP contribution < -0.4 is 5.43 Å². The van der Waals surface area contributed by atoms with Crippen LogP contribution in [-0.4, -0.2) is 24.4 Å². The van der Waals surface area contributed by atoms with E-state index in [0.29, 0.717) is 0 Å². The molecule has 1 heterocycles. The second-order valence-electron chi connectivity index (χ2n) is 3.62. The molecule has 2 nitrogen and oxygen atoms in total. The molecule has 11 heavy (non-hydrogen) atoms. The molecule has 0 spiro atoms. The average molecular weight is 157 g/mol.